The molecule has 1 amide bonds. The summed E-state index contributed by atoms with van der Waals surface area (Å²) < 4.78 is 0. The van der Waals surface area contributed by atoms with E-state index in [0.29, 0.717) is 0 Å². The minimum absolute atomic E-state index is 0.0113. The van der Waals surface area contributed by atoms with Crippen molar-refractivity contribution < 1.29 is 9.69 Å². The van der Waals surface area contributed by atoms with Gasteiger partial charge >= 0.3 is 0 Å². The van der Waals surface area contributed by atoms with Gasteiger partial charge in [-0.15, -0.1) is 11.3 Å². The van der Waals surface area contributed by atoms with Crippen LogP contribution in [0.2, 0.25) is 5.02 Å². The van der Waals surface area contributed by atoms with Crippen LogP contribution in [-0.2, 0) is 11.3 Å². The average Bonchev–Trinajstić information content (AvgIpc) is 3.02. The van der Waals surface area contributed by atoms with Gasteiger partial charge in [-0.2, -0.15) is 0 Å². The van der Waals surface area contributed by atoms with E-state index in [9.17, 15) is 4.79 Å². The van der Waals surface area contributed by atoms with Crippen molar-refractivity contribution in [2.24, 2.45) is 0 Å². The van der Waals surface area contributed by atoms with Crippen molar-refractivity contribution in [3.05, 3.63) is 62.8 Å². The molecule has 2 aromatic rings. The molecule has 0 radical (unpaired) electrons. The Morgan fingerprint density at radius 3 is 2.60 bits per heavy atom. The number of benzene rings is 1. The quantitative estimate of drug-likeness (QED) is 0.773. The van der Waals surface area contributed by atoms with E-state index in [1.807, 2.05) is 24.3 Å². The Morgan fingerprint density at radius 1 is 1.24 bits per heavy atom. The van der Waals surface area contributed by atoms with E-state index in [1.54, 1.807) is 22.3 Å². The zero-order valence-electron chi connectivity index (χ0n) is 14.4. The van der Waals surface area contributed by atoms with Crippen molar-refractivity contribution >= 4 is 34.9 Å². The van der Waals surface area contributed by atoms with Crippen LogP contribution >= 0.6 is 22.9 Å². The highest BCUT2D eigenvalue weighted by molar-refractivity contribution is 7.12. The predicted octanol–water partition coefficient (Wildman–Crippen LogP) is 3.09. The van der Waals surface area contributed by atoms with Crippen molar-refractivity contribution in [2.45, 2.75) is 32.4 Å². The SMILES string of the molecule is Cc1ccc(/C=C/C(=O)NC2CC[NH+](Cc3ccc(Cl)cc3)CC2)s1. The van der Waals surface area contributed by atoms with Crippen molar-refractivity contribution in [1.82, 2.24) is 5.32 Å². The average molecular weight is 376 g/mol. The lowest BCUT2D eigenvalue weighted by Crippen LogP contribution is -3.12. The largest absolute Gasteiger partial charge is 0.349 e. The molecule has 1 aliphatic rings. The molecule has 1 fully saturated rings. The minimum atomic E-state index is 0.0113. The summed E-state index contributed by atoms with van der Waals surface area (Å²) in [5.74, 6) is 0.0113. The van der Waals surface area contributed by atoms with Crippen LogP contribution in [0.25, 0.3) is 6.08 Å². The zero-order chi connectivity index (χ0) is 17.6. The third kappa shape index (κ3) is 5.70. The van der Waals surface area contributed by atoms with Crippen molar-refractivity contribution in [3.8, 4) is 0 Å². The third-order valence-corrected chi connectivity index (χ3v) is 5.78. The fourth-order valence-corrected chi connectivity index (χ4v) is 4.09. The van der Waals surface area contributed by atoms with Gasteiger partial charge in [-0.3, -0.25) is 4.79 Å². The molecule has 1 aromatic carbocycles. The molecule has 1 saturated heterocycles. The standard InChI is InChI=1S/C20H23ClN2OS/c1-15-2-7-19(25-15)8-9-20(24)22-18-10-12-23(13-11-18)14-16-3-5-17(21)6-4-16/h2-9,18H,10-14H2,1H3,(H,22,24)/p+1/b9-8+. The van der Waals surface area contributed by atoms with E-state index in [0.717, 1.165) is 42.4 Å². The number of carbonyl (C=O) groups excluding carboxylic acids is 1. The molecule has 2 N–H and O–H groups in total. The highest BCUT2D eigenvalue weighted by atomic mass is 35.5. The fourth-order valence-electron chi connectivity index (χ4n) is 3.19. The predicted molar refractivity (Wildman–Crippen MR) is 105 cm³/mol. The van der Waals surface area contributed by atoms with E-state index < -0.39 is 0 Å². The Morgan fingerprint density at radius 2 is 1.96 bits per heavy atom. The lowest BCUT2D eigenvalue weighted by molar-refractivity contribution is -0.918. The van der Waals surface area contributed by atoms with Crippen LogP contribution in [0.5, 0.6) is 0 Å². The molecule has 5 heteroatoms. The molecule has 3 rings (SSSR count). The van der Waals surface area contributed by atoms with Gasteiger partial charge in [0.2, 0.25) is 5.91 Å². The van der Waals surface area contributed by atoms with Crippen LogP contribution < -0.4 is 10.2 Å². The molecule has 132 valence electrons. The molecule has 1 aromatic heterocycles. The molecule has 0 bridgehead atoms. The van der Waals surface area contributed by atoms with Gasteiger partial charge in [-0.25, -0.2) is 0 Å². The molecular formula is C20H24ClN2OS+. The van der Waals surface area contributed by atoms with E-state index >= 15 is 0 Å². The van der Waals surface area contributed by atoms with Gasteiger partial charge in [0, 0.05) is 45.3 Å². The number of rotatable bonds is 5. The summed E-state index contributed by atoms with van der Waals surface area (Å²) in [5.41, 5.74) is 1.32. The number of hydrogen-bond donors (Lipinski definition) is 2. The number of aryl methyl sites for hydroxylation is 1. The molecular weight excluding hydrogens is 352 g/mol. The number of likely N-dealkylation sites (tertiary alicyclic amines) is 1. The minimum Gasteiger partial charge on any atom is -0.349 e. The molecule has 1 aliphatic heterocycles. The summed E-state index contributed by atoms with van der Waals surface area (Å²) in [6.45, 7) is 5.26. The van der Waals surface area contributed by atoms with E-state index in [4.69, 9.17) is 11.6 Å². The highest BCUT2D eigenvalue weighted by Crippen LogP contribution is 2.16. The first kappa shape index (κ1) is 18.2. The lowest BCUT2D eigenvalue weighted by Gasteiger charge is -2.29. The maximum Gasteiger partial charge on any atom is 0.244 e. The molecule has 0 spiro atoms. The monoisotopic (exact) mass is 375 g/mol. The number of quaternary nitrogens is 1. The van der Waals surface area contributed by atoms with Gasteiger partial charge in [0.25, 0.3) is 0 Å². The number of thiophene rings is 1. The van der Waals surface area contributed by atoms with Gasteiger partial charge in [0.1, 0.15) is 6.54 Å². The first-order valence-corrected chi connectivity index (χ1v) is 9.91. The number of nitrogens with one attached hydrogen (secondary N) is 2. The van der Waals surface area contributed by atoms with Gasteiger partial charge in [0.05, 0.1) is 13.1 Å². The Labute approximate surface area is 158 Å². The number of hydrogen-bond acceptors (Lipinski definition) is 2. The summed E-state index contributed by atoms with van der Waals surface area (Å²) in [4.78, 5) is 16.0. The first-order chi connectivity index (χ1) is 12.1. The zero-order valence-corrected chi connectivity index (χ0v) is 16.0. The lowest BCUT2D eigenvalue weighted by atomic mass is 10.0. The Balaban J connectivity index is 1.42. The smallest absolute Gasteiger partial charge is 0.244 e. The normalized spacial score (nSPS) is 20.7. The molecule has 2 heterocycles. The summed E-state index contributed by atoms with van der Waals surface area (Å²) in [6, 6.07) is 12.5. The summed E-state index contributed by atoms with van der Waals surface area (Å²) in [7, 11) is 0. The summed E-state index contributed by atoms with van der Waals surface area (Å²) in [5, 5.41) is 3.92. The number of carbonyl (C=O) groups is 1. The van der Waals surface area contributed by atoms with Crippen LogP contribution in [0.3, 0.4) is 0 Å². The number of amides is 1. The number of piperidine rings is 1. The molecule has 0 unspecified atom stereocenters. The third-order valence-electron chi connectivity index (χ3n) is 4.57. The Hall–Kier alpha value is -1.62. The molecule has 0 saturated carbocycles. The van der Waals surface area contributed by atoms with Gasteiger partial charge in [0.15, 0.2) is 0 Å². The molecule has 3 nitrogen and oxygen atoms in total. The highest BCUT2D eigenvalue weighted by Gasteiger charge is 2.22. The van der Waals surface area contributed by atoms with Crippen LogP contribution in [-0.4, -0.2) is 25.0 Å². The van der Waals surface area contributed by atoms with E-state index in [1.165, 1.54) is 10.4 Å². The summed E-state index contributed by atoms with van der Waals surface area (Å²) >= 11 is 7.64. The topological polar surface area (TPSA) is 33.5 Å². The second-order valence-electron chi connectivity index (χ2n) is 6.62. The van der Waals surface area contributed by atoms with Crippen molar-refractivity contribution in [2.75, 3.05) is 13.1 Å². The van der Waals surface area contributed by atoms with Crippen LogP contribution in [0.4, 0.5) is 0 Å². The van der Waals surface area contributed by atoms with Crippen LogP contribution in [0.15, 0.2) is 42.5 Å². The van der Waals surface area contributed by atoms with E-state index in [-0.39, 0.29) is 11.9 Å². The van der Waals surface area contributed by atoms with Gasteiger partial charge in [-0.1, -0.05) is 23.7 Å². The van der Waals surface area contributed by atoms with Gasteiger partial charge < -0.3 is 10.2 Å². The van der Waals surface area contributed by atoms with Crippen molar-refractivity contribution in [1.29, 1.82) is 0 Å². The maximum atomic E-state index is 12.1. The Kier molecular flexibility index (Phi) is 6.29. The van der Waals surface area contributed by atoms with Crippen LogP contribution in [0.1, 0.15) is 28.2 Å². The van der Waals surface area contributed by atoms with Crippen LogP contribution in [0, 0.1) is 6.92 Å². The van der Waals surface area contributed by atoms with Gasteiger partial charge in [-0.05, 0) is 37.3 Å². The first-order valence-electron chi connectivity index (χ1n) is 8.71. The molecule has 25 heavy (non-hydrogen) atoms. The van der Waals surface area contributed by atoms with Crippen molar-refractivity contribution in [3.63, 3.8) is 0 Å². The maximum absolute atomic E-state index is 12.1. The second kappa shape index (κ2) is 8.65. The Bertz CT molecular complexity index is 730. The van der Waals surface area contributed by atoms with E-state index in [2.05, 4.69) is 30.4 Å². The molecule has 0 atom stereocenters. The number of halogens is 1. The fraction of sp³-hybridized carbons (Fsp3) is 0.350. The second-order valence-corrected chi connectivity index (χ2v) is 8.37. The summed E-state index contributed by atoms with van der Waals surface area (Å²) in [6.07, 6.45) is 5.60. The molecule has 0 aliphatic carbocycles.